The largest absolute Gasteiger partial charge is 0.327 e. The summed E-state index contributed by atoms with van der Waals surface area (Å²) >= 11 is 6.19. The Morgan fingerprint density at radius 3 is 3.00 bits per heavy atom. The van der Waals surface area contributed by atoms with Crippen LogP contribution in [-0.4, -0.2) is 11.0 Å². The van der Waals surface area contributed by atoms with Crippen LogP contribution in [0.4, 0.5) is 0 Å². The van der Waals surface area contributed by atoms with Crippen LogP contribution in [-0.2, 0) is 12.8 Å². The third kappa shape index (κ3) is 2.72. The van der Waals surface area contributed by atoms with Crippen LogP contribution in [0.15, 0.2) is 42.7 Å². The third-order valence-electron chi connectivity index (χ3n) is 4.24. The van der Waals surface area contributed by atoms with E-state index in [9.17, 15) is 0 Å². The third-order valence-corrected chi connectivity index (χ3v) is 4.59. The van der Waals surface area contributed by atoms with Gasteiger partial charge in [-0.05, 0) is 54.4 Å². The van der Waals surface area contributed by atoms with Gasteiger partial charge in [-0.15, -0.1) is 0 Å². The van der Waals surface area contributed by atoms with E-state index in [1.165, 1.54) is 30.4 Å². The van der Waals surface area contributed by atoms with Crippen molar-refractivity contribution in [1.29, 1.82) is 0 Å². The number of nitrogens with two attached hydrogens (primary N) is 1. The van der Waals surface area contributed by atoms with Crippen molar-refractivity contribution in [1.82, 2.24) is 4.98 Å². The van der Waals surface area contributed by atoms with E-state index in [2.05, 4.69) is 29.2 Å². The zero-order valence-electron chi connectivity index (χ0n) is 11.4. The molecule has 2 unspecified atom stereocenters. The number of aromatic nitrogens is 1. The van der Waals surface area contributed by atoms with Crippen LogP contribution in [0.25, 0.3) is 0 Å². The minimum absolute atomic E-state index is 0.108. The molecule has 0 aliphatic heterocycles. The van der Waals surface area contributed by atoms with E-state index in [1.54, 1.807) is 12.4 Å². The summed E-state index contributed by atoms with van der Waals surface area (Å²) in [7, 11) is 0. The fraction of sp³-hybridized carbons (Fsp3) is 0.353. The van der Waals surface area contributed by atoms with Gasteiger partial charge in [-0.25, -0.2) is 0 Å². The van der Waals surface area contributed by atoms with Crippen LogP contribution in [0.5, 0.6) is 0 Å². The summed E-state index contributed by atoms with van der Waals surface area (Å²) < 4.78 is 0. The quantitative estimate of drug-likeness (QED) is 0.934. The Labute approximate surface area is 125 Å². The van der Waals surface area contributed by atoms with Gasteiger partial charge >= 0.3 is 0 Å². The SMILES string of the molecule is NC(Cc1ccncc1Cl)C1CCCc2ccccc21. The Bertz CT molecular complexity index is 597. The maximum Gasteiger partial charge on any atom is 0.0621 e. The van der Waals surface area contributed by atoms with Gasteiger partial charge in [-0.2, -0.15) is 0 Å². The maximum atomic E-state index is 6.49. The van der Waals surface area contributed by atoms with Gasteiger partial charge in [0, 0.05) is 18.4 Å². The lowest BCUT2D eigenvalue weighted by molar-refractivity contribution is 0.460. The number of hydrogen-bond acceptors (Lipinski definition) is 2. The monoisotopic (exact) mass is 286 g/mol. The van der Waals surface area contributed by atoms with Crippen molar-refractivity contribution in [2.45, 2.75) is 37.6 Å². The summed E-state index contributed by atoms with van der Waals surface area (Å²) in [4.78, 5) is 4.03. The van der Waals surface area contributed by atoms with Crippen molar-refractivity contribution >= 4 is 11.6 Å². The van der Waals surface area contributed by atoms with E-state index in [0.717, 1.165) is 12.0 Å². The number of aryl methyl sites for hydroxylation is 1. The van der Waals surface area contributed by atoms with Crippen molar-refractivity contribution < 1.29 is 0 Å². The number of benzene rings is 1. The second kappa shape index (κ2) is 5.94. The van der Waals surface area contributed by atoms with Gasteiger partial charge in [0.1, 0.15) is 0 Å². The number of nitrogens with zero attached hydrogens (tertiary/aromatic N) is 1. The van der Waals surface area contributed by atoms with Crippen molar-refractivity contribution in [3.8, 4) is 0 Å². The van der Waals surface area contributed by atoms with E-state index in [1.807, 2.05) is 6.07 Å². The molecule has 20 heavy (non-hydrogen) atoms. The van der Waals surface area contributed by atoms with Gasteiger partial charge in [-0.1, -0.05) is 35.9 Å². The molecule has 0 radical (unpaired) electrons. The van der Waals surface area contributed by atoms with Crippen LogP contribution in [0.1, 0.15) is 35.4 Å². The smallest absolute Gasteiger partial charge is 0.0621 e. The van der Waals surface area contributed by atoms with Crippen LogP contribution < -0.4 is 5.73 Å². The molecule has 3 heteroatoms. The Morgan fingerprint density at radius 1 is 1.30 bits per heavy atom. The standard InChI is InChI=1S/C17H19ClN2/c18-16-11-20-9-8-13(16)10-17(19)15-7-3-5-12-4-1-2-6-14(12)15/h1-2,4,6,8-9,11,15,17H,3,5,7,10,19H2. The average molecular weight is 287 g/mol. The highest BCUT2D eigenvalue weighted by Gasteiger charge is 2.25. The molecular weight excluding hydrogens is 268 g/mol. The number of pyridine rings is 1. The van der Waals surface area contributed by atoms with Crippen molar-refractivity contribution in [3.63, 3.8) is 0 Å². The molecule has 1 aromatic carbocycles. The maximum absolute atomic E-state index is 6.49. The zero-order valence-corrected chi connectivity index (χ0v) is 12.2. The molecule has 2 aromatic rings. The molecule has 0 saturated heterocycles. The highest BCUT2D eigenvalue weighted by atomic mass is 35.5. The predicted octanol–water partition coefficient (Wildman–Crippen LogP) is 3.72. The molecule has 0 bridgehead atoms. The molecule has 2 nitrogen and oxygen atoms in total. The summed E-state index contributed by atoms with van der Waals surface area (Å²) in [5.74, 6) is 0.434. The van der Waals surface area contributed by atoms with E-state index < -0.39 is 0 Å². The lowest BCUT2D eigenvalue weighted by atomic mass is 9.77. The summed E-state index contributed by atoms with van der Waals surface area (Å²) in [5.41, 5.74) is 10.5. The molecule has 0 saturated carbocycles. The molecule has 1 aromatic heterocycles. The molecule has 1 aliphatic rings. The van der Waals surface area contributed by atoms with Gasteiger partial charge in [0.2, 0.25) is 0 Å². The van der Waals surface area contributed by atoms with Crippen molar-refractivity contribution in [2.24, 2.45) is 5.73 Å². The number of halogens is 1. The fourth-order valence-corrected chi connectivity index (χ4v) is 3.40. The minimum Gasteiger partial charge on any atom is -0.327 e. The Balaban J connectivity index is 1.82. The average Bonchev–Trinajstić information content (AvgIpc) is 2.49. The molecule has 1 heterocycles. The first-order valence-electron chi connectivity index (χ1n) is 7.17. The first-order valence-corrected chi connectivity index (χ1v) is 7.55. The minimum atomic E-state index is 0.108. The molecule has 0 amide bonds. The van der Waals surface area contributed by atoms with Gasteiger partial charge in [0.05, 0.1) is 5.02 Å². The van der Waals surface area contributed by atoms with E-state index >= 15 is 0 Å². The highest BCUT2D eigenvalue weighted by Crippen LogP contribution is 2.34. The number of hydrogen-bond donors (Lipinski definition) is 1. The van der Waals surface area contributed by atoms with Crippen molar-refractivity contribution in [3.05, 3.63) is 64.4 Å². The molecule has 104 valence electrons. The van der Waals surface area contributed by atoms with Gasteiger partial charge < -0.3 is 5.73 Å². The second-order valence-electron chi connectivity index (χ2n) is 5.53. The summed E-state index contributed by atoms with van der Waals surface area (Å²) in [5, 5.41) is 0.715. The zero-order chi connectivity index (χ0) is 13.9. The van der Waals surface area contributed by atoms with Crippen LogP contribution in [0.3, 0.4) is 0 Å². The lowest BCUT2D eigenvalue weighted by Gasteiger charge is -2.30. The van der Waals surface area contributed by atoms with Gasteiger partial charge in [-0.3, -0.25) is 4.98 Å². The molecular formula is C17H19ClN2. The topological polar surface area (TPSA) is 38.9 Å². The van der Waals surface area contributed by atoms with Crippen LogP contribution in [0.2, 0.25) is 5.02 Å². The van der Waals surface area contributed by atoms with Gasteiger partial charge in [0.15, 0.2) is 0 Å². The Hall–Kier alpha value is -1.38. The number of fused-ring (bicyclic) bond motifs is 1. The first kappa shape index (κ1) is 13.6. The summed E-state index contributed by atoms with van der Waals surface area (Å²) in [6.07, 6.45) is 7.84. The molecule has 1 aliphatic carbocycles. The lowest BCUT2D eigenvalue weighted by Crippen LogP contribution is -2.33. The van der Waals surface area contributed by atoms with Gasteiger partial charge in [0.25, 0.3) is 0 Å². The normalized spacial score (nSPS) is 19.4. The first-order chi connectivity index (χ1) is 9.75. The Morgan fingerprint density at radius 2 is 2.15 bits per heavy atom. The van der Waals surface area contributed by atoms with E-state index in [-0.39, 0.29) is 6.04 Å². The predicted molar refractivity (Wildman–Crippen MR) is 83.0 cm³/mol. The van der Waals surface area contributed by atoms with Crippen molar-refractivity contribution in [2.75, 3.05) is 0 Å². The van der Waals surface area contributed by atoms with E-state index in [0.29, 0.717) is 10.9 Å². The molecule has 2 atom stereocenters. The second-order valence-corrected chi connectivity index (χ2v) is 5.94. The molecule has 0 fully saturated rings. The number of rotatable bonds is 3. The molecule has 0 spiro atoms. The highest BCUT2D eigenvalue weighted by molar-refractivity contribution is 6.31. The molecule has 3 rings (SSSR count). The summed E-state index contributed by atoms with van der Waals surface area (Å²) in [6.45, 7) is 0. The Kier molecular flexibility index (Phi) is 4.04. The van der Waals surface area contributed by atoms with Crippen LogP contribution >= 0.6 is 11.6 Å². The fourth-order valence-electron chi connectivity index (χ4n) is 3.20. The molecule has 2 N–H and O–H groups in total. The summed E-state index contributed by atoms with van der Waals surface area (Å²) in [6, 6.07) is 10.8. The van der Waals surface area contributed by atoms with E-state index in [4.69, 9.17) is 17.3 Å². The van der Waals surface area contributed by atoms with Crippen LogP contribution in [0, 0.1) is 0 Å².